The van der Waals surface area contributed by atoms with E-state index in [1.165, 1.54) is 6.20 Å². The average Bonchev–Trinajstić information content (AvgIpc) is 2.26. The van der Waals surface area contributed by atoms with Crippen molar-refractivity contribution in [1.82, 2.24) is 14.9 Å². The highest BCUT2D eigenvalue weighted by Crippen LogP contribution is 2.25. The monoisotopic (exact) mass is 237 g/mol. The molecule has 2 N–H and O–H groups in total. The van der Waals surface area contributed by atoms with E-state index in [9.17, 15) is 9.59 Å². The van der Waals surface area contributed by atoms with Crippen molar-refractivity contribution in [3.05, 3.63) is 28.4 Å². The Kier molecular flexibility index (Phi) is 3.53. The zero-order chi connectivity index (χ0) is 12.3. The summed E-state index contributed by atoms with van der Waals surface area (Å²) in [6, 6.07) is 0.198. The summed E-state index contributed by atoms with van der Waals surface area (Å²) in [6.45, 7) is 0.246. The highest BCUT2D eigenvalue weighted by atomic mass is 16.3. The first-order valence-corrected chi connectivity index (χ1v) is 5.69. The largest absolute Gasteiger partial charge is 0.395 e. The van der Waals surface area contributed by atoms with Gasteiger partial charge in [-0.3, -0.25) is 9.59 Å². The van der Waals surface area contributed by atoms with Crippen molar-refractivity contribution in [3.63, 3.8) is 0 Å². The predicted molar refractivity (Wildman–Crippen MR) is 60.6 cm³/mol. The quantitative estimate of drug-likeness (QED) is 0.756. The lowest BCUT2D eigenvalue weighted by molar-refractivity contribution is 0.0519. The average molecular weight is 237 g/mol. The molecule has 1 saturated carbocycles. The van der Waals surface area contributed by atoms with Gasteiger partial charge < -0.3 is 15.0 Å². The fourth-order valence-electron chi connectivity index (χ4n) is 1.86. The molecule has 1 heterocycles. The number of hydrogen-bond donors (Lipinski definition) is 2. The minimum absolute atomic E-state index is 0.0639. The number of hydrogen-bond acceptors (Lipinski definition) is 4. The van der Waals surface area contributed by atoms with Crippen LogP contribution in [0.3, 0.4) is 0 Å². The molecule has 6 nitrogen and oxygen atoms in total. The van der Waals surface area contributed by atoms with Gasteiger partial charge in [0.15, 0.2) is 0 Å². The van der Waals surface area contributed by atoms with E-state index in [-0.39, 0.29) is 29.8 Å². The van der Waals surface area contributed by atoms with Crippen molar-refractivity contribution in [3.8, 4) is 0 Å². The van der Waals surface area contributed by atoms with Crippen molar-refractivity contribution < 1.29 is 9.90 Å². The summed E-state index contributed by atoms with van der Waals surface area (Å²) in [4.78, 5) is 30.8. The van der Waals surface area contributed by atoms with Crippen LogP contribution in [-0.4, -0.2) is 45.1 Å². The molecule has 0 unspecified atom stereocenters. The maximum Gasteiger partial charge on any atom is 0.274 e. The standard InChI is InChI=1S/C11H15N3O3/c15-5-4-14(8-2-1-3-8)11(17)9-6-13-10(16)7-12-9/h6-8,15H,1-5H2,(H,13,16). The van der Waals surface area contributed by atoms with Crippen LogP contribution in [0.1, 0.15) is 29.8 Å². The molecule has 92 valence electrons. The van der Waals surface area contributed by atoms with Gasteiger partial charge in [-0.25, -0.2) is 4.98 Å². The van der Waals surface area contributed by atoms with Gasteiger partial charge in [-0.05, 0) is 19.3 Å². The number of carbonyl (C=O) groups excluding carboxylic acids is 1. The van der Waals surface area contributed by atoms with Gasteiger partial charge in [-0.15, -0.1) is 0 Å². The smallest absolute Gasteiger partial charge is 0.274 e. The topological polar surface area (TPSA) is 86.3 Å². The van der Waals surface area contributed by atoms with Gasteiger partial charge in [-0.2, -0.15) is 0 Å². The van der Waals surface area contributed by atoms with E-state index < -0.39 is 0 Å². The fourth-order valence-corrected chi connectivity index (χ4v) is 1.86. The van der Waals surface area contributed by atoms with Crippen LogP contribution in [0.4, 0.5) is 0 Å². The predicted octanol–water partition coefficient (Wildman–Crippen LogP) is -0.243. The number of amides is 1. The zero-order valence-corrected chi connectivity index (χ0v) is 9.43. The molecule has 0 spiro atoms. The first kappa shape index (κ1) is 11.8. The summed E-state index contributed by atoms with van der Waals surface area (Å²) in [7, 11) is 0. The number of aromatic amines is 1. The van der Waals surface area contributed by atoms with Crippen LogP contribution in [0.2, 0.25) is 0 Å². The van der Waals surface area contributed by atoms with E-state index in [1.807, 2.05) is 0 Å². The Labute approximate surface area is 98.3 Å². The van der Waals surface area contributed by atoms with E-state index in [2.05, 4.69) is 9.97 Å². The Morgan fingerprint density at radius 3 is 2.82 bits per heavy atom. The zero-order valence-electron chi connectivity index (χ0n) is 9.43. The molecule has 1 aromatic rings. The summed E-state index contributed by atoms with van der Waals surface area (Å²) < 4.78 is 0. The van der Waals surface area contributed by atoms with E-state index in [0.29, 0.717) is 6.54 Å². The van der Waals surface area contributed by atoms with Crippen LogP contribution in [0.5, 0.6) is 0 Å². The molecule has 0 atom stereocenters. The molecule has 2 rings (SSSR count). The van der Waals surface area contributed by atoms with Gasteiger partial charge in [0.1, 0.15) is 5.69 Å². The molecule has 0 saturated heterocycles. The van der Waals surface area contributed by atoms with Crippen molar-refractivity contribution in [2.45, 2.75) is 25.3 Å². The molecular weight excluding hydrogens is 222 g/mol. The van der Waals surface area contributed by atoms with Gasteiger partial charge in [0.2, 0.25) is 0 Å². The Morgan fingerprint density at radius 1 is 1.59 bits per heavy atom. The third kappa shape index (κ3) is 2.52. The molecule has 1 aliphatic carbocycles. The van der Waals surface area contributed by atoms with Crippen molar-refractivity contribution in [2.24, 2.45) is 0 Å². The van der Waals surface area contributed by atoms with Crippen LogP contribution in [0, 0.1) is 0 Å². The first-order valence-electron chi connectivity index (χ1n) is 5.69. The second-order valence-electron chi connectivity index (χ2n) is 4.10. The Hall–Kier alpha value is -1.69. The second-order valence-corrected chi connectivity index (χ2v) is 4.10. The SMILES string of the molecule is O=C(c1c[nH]c(=O)cn1)N(CCO)C1CCC1. The lowest BCUT2D eigenvalue weighted by atomic mass is 9.91. The van der Waals surface area contributed by atoms with Crippen molar-refractivity contribution >= 4 is 5.91 Å². The number of carbonyl (C=O) groups is 1. The molecule has 6 heteroatoms. The number of H-pyrrole nitrogens is 1. The number of nitrogens with one attached hydrogen (secondary N) is 1. The lowest BCUT2D eigenvalue weighted by Gasteiger charge is -2.36. The van der Waals surface area contributed by atoms with Gasteiger partial charge in [-0.1, -0.05) is 0 Å². The normalized spacial score (nSPS) is 15.4. The van der Waals surface area contributed by atoms with Crippen LogP contribution in [0.15, 0.2) is 17.2 Å². The summed E-state index contributed by atoms with van der Waals surface area (Å²) in [6.07, 6.45) is 5.45. The molecule has 1 fully saturated rings. The van der Waals surface area contributed by atoms with Gasteiger partial charge in [0.25, 0.3) is 11.5 Å². The second kappa shape index (κ2) is 5.09. The number of nitrogens with zero attached hydrogens (tertiary/aromatic N) is 2. The van der Waals surface area contributed by atoms with Gasteiger partial charge in [0.05, 0.1) is 12.8 Å². The molecule has 0 aromatic carbocycles. The molecule has 1 amide bonds. The molecular formula is C11H15N3O3. The number of aliphatic hydroxyl groups excluding tert-OH is 1. The Balaban J connectivity index is 2.14. The summed E-state index contributed by atoms with van der Waals surface area (Å²) in [5.41, 5.74) is -0.121. The van der Waals surface area contributed by atoms with Crippen molar-refractivity contribution in [1.29, 1.82) is 0 Å². The lowest BCUT2D eigenvalue weighted by Crippen LogP contribution is -2.46. The van der Waals surface area contributed by atoms with E-state index in [4.69, 9.17) is 5.11 Å². The van der Waals surface area contributed by atoms with Gasteiger partial charge in [0, 0.05) is 18.8 Å². The minimum Gasteiger partial charge on any atom is -0.395 e. The van der Waals surface area contributed by atoms with E-state index >= 15 is 0 Å². The molecule has 0 radical (unpaired) electrons. The van der Waals surface area contributed by atoms with Crippen LogP contribution < -0.4 is 5.56 Å². The molecule has 1 aliphatic rings. The minimum atomic E-state index is -0.334. The maximum atomic E-state index is 12.1. The number of rotatable bonds is 4. The number of aromatic nitrogens is 2. The van der Waals surface area contributed by atoms with Crippen LogP contribution in [-0.2, 0) is 0 Å². The van der Waals surface area contributed by atoms with Crippen LogP contribution >= 0.6 is 0 Å². The van der Waals surface area contributed by atoms with E-state index in [1.54, 1.807) is 4.90 Å². The highest BCUT2D eigenvalue weighted by molar-refractivity contribution is 5.92. The molecule has 0 aliphatic heterocycles. The molecule has 1 aromatic heterocycles. The summed E-state index contributed by atoms with van der Waals surface area (Å²) in [5, 5.41) is 8.97. The van der Waals surface area contributed by atoms with E-state index in [0.717, 1.165) is 25.5 Å². The summed E-state index contributed by atoms with van der Waals surface area (Å²) in [5.74, 6) is -0.236. The fraction of sp³-hybridized carbons (Fsp3) is 0.545. The third-order valence-electron chi connectivity index (χ3n) is 3.01. The number of aliphatic hydroxyl groups is 1. The third-order valence-corrected chi connectivity index (χ3v) is 3.01. The first-order chi connectivity index (χ1) is 8.22. The van der Waals surface area contributed by atoms with Gasteiger partial charge >= 0.3 is 0 Å². The highest BCUT2D eigenvalue weighted by Gasteiger charge is 2.29. The van der Waals surface area contributed by atoms with Crippen LogP contribution in [0.25, 0.3) is 0 Å². The molecule has 0 bridgehead atoms. The van der Waals surface area contributed by atoms with Crippen molar-refractivity contribution in [2.75, 3.05) is 13.2 Å². The Bertz CT molecular complexity index is 433. The Morgan fingerprint density at radius 2 is 2.35 bits per heavy atom. The molecule has 17 heavy (non-hydrogen) atoms. The maximum absolute atomic E-state index is 12.1. The summed E-state index contributed by atoms with van der Waals surface area (Å²) >= 11 is 0.